The maximum absolute atomic E-state index is 12.4. The molecule has 1 amide bonds. The van der Waals surface area contributed by atoms with E-state index in [-0.39, 0.29) is 5.91 Å². The summed E-state index contributed by atoms with van der Waals surface area (Å²) < 4.78 is 0. The van der Waals surface area contributed by atoms with Crippen LogP contribution >= 0.6 is 11.6 Å². The van der Waals surface area contributed by atoms with Crippen LogP contribution in [0.4, 0.5) is 11.4 Å². The molecule has 2 aromatic carbocycles. The van der Waals surface area contributed by atoms with Gasteiger partial charge in [0.05, 0.1) is 5.52 Å². The third-order valence-corrected chi connectivity index (χ3v) is 5.75. The van der Waals surface area contributed by atoms with E-state index in [9.17, 15) is 4.79 Å². The molecule has 1 aliphatic heterocycles. The number of anilines is 2. The number of carbonyl (C=O) groups excluding carboxylic acids is 1. The molecule has 5 nitrogen and oxygen atoms in total. The number of amides is 1. The number of piperidine rings is 1. The third kappa shape index (κ3) is 5.29. The number of nitrogens with zero attached hydrogens (tertiary/aromatic N) is 2. The molecular weight excluding hydrogens is 396 g/mol. The van der Waals surface area contributed by atoms with E-state index in [1.165, 1.54) is 32.4 Å². The average Bonchev–Trinajstić information content (AvgIpc) is 2.78. The number of aromatic nitrogens is 1. The predicted octanol–water partition coefficient (Wildman–Crippen LogP) is 5.24. The average molecular weight is 423 g/mol. The van der Waals surface area contributed by atoms with Crippen molar-refractivity contribution in [3.8, 4) is 0 Å². The molecule has 1 aliphatic rings. The highest BCUT2D eigenvalue weighted by Gasteiger charge is 2.10. The quantitative estimate of drug-likeness (QED) is 0.511. The number of likely N-dealkylation sites (tertiary alicyclic amines) is 1. The maximum atomic E-state index is 12.4. The highest BCUT2D eigenvalue weighted by Crippen LogP contribution is 2.27. The molecule has 0 aliphatic carbocycles. The van der Waals surface area contributed by atoms with E-state index < -0.39 is 0 Å². The lowest BCUT2D eigenvalue weighted by Crippen LogP contribution is -2.33. The second kappa shape index (κ2) is 9.92. The molecule has 0 atom stereocenters. The molecule has 0 unspecified atom stereocenters. The van der Waals surface area contributed by atoms with Crippen LogP contribution in [0.5, 0.6) is 0 Å². The van der Waals surface area contributed by atoms with Gasteiger partial charge < -0.3 is 15.5 Å². The van der Waals surface area contributed by atoms with Crippen LogP contribution in [0.1, 0.15) is 36.0 Å². The fraction of sp³-hybridized carbons (Fsp3) is 0.333. The molecule has 3 aromatic rings. The summed E-state index contributed by atoms with van der Waals surface area (Å²) in [6.45, 7) is 4.17. The molecule has 156 valence electrons. The lowest BCUT2D eigenvalue weighted by atomic mass is 10.1. The van der Waals surface area contributed by atoms with Crippen LogP contribution in [0.25, 0.3) is 10.9 Å². The first-order valence-electron chi connectivity index (χ1n) is 10.6. The summed E-state index contributed by atoms with van der Waals surface area (Å²) in [4.78, 5) is 19.3. The predicted molar refractivity (Wildman–Crippen MR) is 124 cm³/mol. The first kappa shape index (κ1) is 20.6. The van der Waals surface area contributed by atoms with E-state index in [1.54, 1.807) is 6.20 Å². The number of hydrogen-bond donors (Lipinski definition) is 2. The van der Waals surface area contributed by atoms with Gasteiger partial charge in [0.2, 0.25) is 0 Å². The Morgan fingerprint density at radius 1 is 1.03 bits per heavy atom. The first-order valence-corrected chi connectivity index (χ1v) is 11.0. The van der Waals surface area contributed by atoms with Gasteiger partial charge in [-0.15, -0.1) is 0 Å². The summed E-state index contributed by atoms with van der Waals surface area (Å²) in [6.07, 6.45) is 6.70. The minimum Gasteiger partial charge on any atom is -0.355 e. The van der Waals surface area contributed by atoms with E-state index in [0.717, 1.165) is 35.2 Å². The molecular formula is C24H27ClN4O. The van der Waals surface area contributed by atoms with Crippen molar-refractivity contribution in [1.82, 2.24) is 15.2 Å². The summed E-state index contributed by atoms with van der Waals surface area (Å²) in [6, 6.07) is 15.1. The van der Waals surface area contributed by atoms with Crippen molar-refractivity contribution < 1.29 is 4.79 Å². The topological polar surface area (TPSA) is 57.3 Å². The fourth-order valence-electron chi connectivity index (χ4n) is 3.88. The zero-order valence-electron chi connectivity index (χ0n) is 17.0. The number of rotatable bonds is 7. The Hall–Kier alpha value is -2.63. The lowest BCUT2D eigenvalue weighted by Gasteiger charge is -2.26. The van der Waals surface area contributed by atoms with E-state index in [4.69, 9.17) is 11.6 Å². The molecule has 0 saturated carbocycles. The molecule has 1 fully saturated rings. The van der Waals surface area contributed by atoms with Crippen LogP contribution < -0.4 is 10.6 Å². The summed E-state index contributed by atoms with van der Waals surface area (Å²) in [7, 11) is 0. The molecule has 6 heteroatoms. The van der Waals surface area contributed by atoms with Crippen LogP contribution in [0, 0.1) is 0 Å². The Labute approximate surface area is 182 Å². The van der Waals surface area contributed by atoms with Crippen molar-refractivity contribution in [2.75, 3.05) is 31.5 Å². The van der Waals surface area contributed by atoms with Gasteiger partial charge in [-0.1, -0.05) is 18.0 Å². The van der Waals surface area contributed by atoms with Crippen LogP contribution in [-0.2, 0) is 0 Å². The van der Waals surface area contributed by atoms with Gasteiger partial charge in [-0.2, -0.15) is 0 Å². The number of benzene rings is 2. The largest absolute Gasteiger partial charge is 0.355 e. The van der Waals surface area contributed by atoms with Gasteiger partial charge in [0.15, 0.2) is 0 Å². The third-order valence-electron chi connectivity index (χ3n) is 5.52. The molecule has 2 heterocycles. The lowest BCUT2D eigenvalue weighted by molar-refractivity contribution is 0.0951. The fourth-order valence-corrected chi connectivity index (χ4v) is 4.05. The SMILES string of the molecule is O=C(NCCCN1CCCCC1)c1ccc(Nc2ccnc3cc(Cl)ccc23)cc1. The Bertz CT molecular complexity index is 1000. The summed E-state index contributed by atoms with van der Waals surface area (Å²) in [5.74, 6) is -0.0239. The second-order valence-electron chi connectivity index (χ2n) is 7.73. The van der Waals surface area contributed by atoms with Gasteiger partial charge in [0.1, 0.15) is 0 Å². The van der Waals surface area contributed by atoms with E-state index in [0.29, 0.717) is 17.1 Å². The van der Waals surface area contributed by atoms with E-state index in [2.05, 4.69) is 20.5 Å². The molecule has 4 rings (SSSR count). The number of hydrogen-bond acceptors (Lipinski definition) is 4. The van der Waals surface area contributed by atoms with Crippen molar-refractivity contribution in [2.24, 2.45) is 0 Å². The van der Waals surface area contributed by atoms with E-state index >= 15 is 0 Å². The minimum absolute atomic E-state index is 0.0239. The highest BCUT2D eigenvalue weighted by atomic mass is 35.5. The Morgan fingerprint density at radius 3 is 2.63 bits per heavy atom. The van der Waals surface area contributed by atoms with Crippen molar-refractivity contribution in [1.29, 1.82) is 0 Å². The van der Waals surface area contributed by atoms with Gasteiger partial charge in [-0.05, 0) is 87.4 Å². The number of pyridine rings is 1. The Kier molecular flexibility index (Phi) is 6.82. The zero-order valence-corrected chi connectivity index (χ0v) is 17.8. The molecule has 0 radical (unpaired) electrons. The smallest absolute Gasteiger partial charge is 0.251 e. The van der Waals surface area contributed by atoms with Crippen LogP contribution in [0.2, 0.25) is 5.02 Å². The maximum Gasteiger partial charge on any atom is 0.251 e. The normalized spacial score (nSPS) is 14.6. The van der Waals surface area contributed by atoms with Gasteiger partial charge >= 0.3 is 0 Å². The van der Waals surface area contributed by atoms with Crippen molar-refractivity contribution in [2.45, 2.75) is 25.7 Å². The van der Waals surface area contributed by atoms with Crippen molar-refractivity contribution in [3.63, 3.8) is 0 Å². The molecule has 0 bridgehead atoms. The van der Waals surface area contributed by atoms with Crippen LogP contribution in [0.3, 0.4) is 0 Å². The Morgan fingerprint density at radius 2 is 1.83 bits per heavy atom. The van der Waals surface area contributed by atoms with Crippen molar-refractivity contribution in [3.05, 3.63) is 65.3 Å². The van der Waals surface area contributed by atoms with Crippen LogP contribution in [-0.4, -0.2) is 42.0 Å². The standard InChI is InChI=1S/C24H27ClN4O/c25-19-7-10-21-22(11-13-26-23(21)17-19)28-20-8-5-18(6-9-20)24(30)27-12-4-16-29-14-2-1-3-15-29/h5-11,13,17H,1-4,12,14-16H2,(H,26,28)(H,27,30). The van der Waals surface area contributed by atoms with Crippen LogP contribution in [0.15, 0.2) is 54.7 Å². The molecule has 1 saturated heterocycles. The zero-order chi connectivity index (χ0) is 20.8. The van der Waals surface area contributed by atoms with Gasteiger partial charge in [-0.3, -0.25) is 9.78 Å². The highest BCUT2D eigenvalue weighted by molar-refractivity contribution is 6.31. The van der Waals surface area contributed by atoms with Gasteiger partial charge in [0, 0.05) is 40.1 Å². The minimum atomic E-state index is -0.0239. The summed E-state index contributed by atoms with van der Waals surface area (Å²) in [5, 5.41) is 8.09. The number of fused-ring (bicyclic) bond motifs is 1. The van der Waals surface area contributed by atoms with Crippen molar-refractivity contribution >= 4 is 39.8 Å². The monoisotopic (exact) mass is 422 g/mol. The summed E-state index contributed by atoms with van der Waals surface area (Å²) in [5.41, 5.74) is 3.38. The first-order chi connectivity index (χ1) is 14.7. The molecule has 2 N–H and O–H groups in total. The summed E-state index contributed by atoms with van der Waals surface area (Å²) >= 11 is 6.06. The van der Waals surface area contributed by atoms with E-state index in [1.807, 2.05) is 48.5 Å². The second-order valence-corrected chi connectivity index (χ2v) is 8.17. The van der Waals surface area contributed by atoms with Gasteiger partial charge in [0.25, 0.3) is 5.91 Å². The number of carbonyl (C=O) groups is 1. The molecule has 30 heavy (non-hydrogen) atoms. The molecule has 1 aromatic heterocycles. The molecule has 0 spiro atoms. The Balaban J connectivity index is 1.31. The number of nitrogens with one attached hydrogen (secondary N) is 2. The van der Waals surface area contributed by atoms with Gasteiger partial charge in [-0.25, -0.2) is 0 Å². The number of halogens is 1.